The van der Waals surface area contributed by atoms with Crippen molar-refractivity contribution in [3.8, 4) is 11.1 Å². The van der Waals surface area contributed by atoms with Crippen molar-refractivity contribution in [2.24, 2.45) is 0 Å². The van der Waals surface area contributed by atoms with Crippen LogP contribution in [0.5, 0.6) is 0 Å². The van der Waals surface area contributed by atoms with E-state index in [2.05, 4.69) is 20.8 Å². The minimum Gasteiger partial charge on any atom is -0.378 e. The number of benzene rings is 2. The lowest BCUT2D eigenvalue weighted by Crippen LogP contribution is -2.08. The van der Waals surface area contributed by atoms with Crippen molar-refractivity contribution >= 4 is 33.4 Å². The summed E-state index contributed by atoms with van der Waals surface area (Å²) in [6.45, 7) is 0. The van der Waals surface area contributed by atoms with Crippen molar-refractivity contribution in [2.45, 2.75) is 4.90 Å². The largest absolute Gasteiger partial charge is 0.378 e. The van der Waals surface area contributed by atoms with Gasteiger partial charge in [0.05, 0.1) is 16.0 Å². The number of pyridine rings is 1. The van der Waals surface area contributed by atoms with E-state index in [9.17, 15) is 8.60 Å². The lowest BCUT2D eigenvalue weighted by molar-refractivity contribution is 0.626. The van der Waals surface area contributed by atoms with E-state index in [1.54, 1.807) is 12.3 Å². The van der Waals surface area contributed by atoms with Crippen LogP contribution in [0.2, 0.25) is 0 Å². The summed E-state index contributed by atoms with van der Waals surface area (Å²) in [5.41, 5.74) is 4.47. The van der Waals surface area contributed by atoms with Crippen molar-refractivity contribution in [1.82, 2.24) is 9.97 Å². The van der Waals surface area contributed by atoms with Gasteiger partial charge in [-0.25, -0.2) is 13.6 Å². The number of fused-ring (bicyclic) bond motifs is 1. The smallest absolute Gasteiger partial charge is 0.150 e. The quantitative estimate of drug-likeness (QED) is 0.521. The first-order valence-electron chi connectivity index (χ1n) is 8.71. The van der Waals surface area contributed by atoms with E-state index in [0.29, 0.717) is 16.2 Å². The molecular weight excluding hydrogens is 375 g/mol. The SMILES string of the molecule is CN(C)c1cccc(-c2c[nH]c3nccc(NS(=O)c4ccc(F)cc4)c23)c1. The van der Waals surface area contributed by atoms with Crippen LogP contribution in [-0.2, 0) is 11.0 Å². The molecule has 142 valence electrons. The Hall–Kier alpha value is -3.19. The second-order valence-electron chi connectivity index (χ2n) is 6.55. The molecule has 1 atom stereocenters. The van der Waals surface area contributed by atoms with E-state index in [-0.39, 0.29) is 5.82 Å². The molecule has 0 spiro atoms. The molecule has 2 aromatic heterocycles. The van der Waals surface area contributed by atoms with Crippen LogP contribution in [0.3, 0.4) is 0 Å². The minimum atomic E-state index is -1.53. The van der Waals surface area contributed by atoms with Gasteiger partial charge in [-0.1, -0.05) is 12.1 Å². The minimum absolute atomic E-state index is 0.360. The molecule has 1 unspecified atom stereocenters. The number of H-pyrrole nitrogens is 1. The monoisotopic (exact) mass is 394 g/mol. The van der Waals surface area contributed by atoms with E-state index in [1.165, 1.54) is 24.3 Å². The number of halogens is 1. The molecule has 4 aromatic rings. The van der Waals surface area contributed by atoms with Crippen molar-refractivity contribution in [3.63, 3.8) is 0 Å². The first-order valence-corrected chi connectivity index (χ1v) is 9.86. The summed E-state index contributed by atoms with van der Waals surface area (Å²) in [6, 6.07) is 15.6. The molecule has 28 heavy (non-hydrogen) atoms. The summed E-state index contributed by atoms with van der Waals surface area (Å²) in [5.74, 6) is -0.360. The zero-order valence-electron chi connectivity index (χ0n) is 15.4. The fraction of sp³-hybridized carbons (Fsp3) is 0.0952. The molecule has 0 fully saturated rings. The highest BCUT2D eigenvalue weighted by Gasteiger charge is 2.14. The number of hydrogen-bond donors (Lipinski definition) is 2. The molecule has 0 aliphatic carbocycles. The van der Waals surface area contributed by atoms with Gasteiger partial charge in [0.2, 0.25) is 0 Å². The van der Waals surface area contributed by atoms with Gasteiger partial charge in [-0.15, -0.1) is 0 Å². The Morgan fingerprint density at radius 2 is 1.89 bits per heavy atom. The van der Waals surface area contributed by atoms with Gasteiger partial charge in [-0.05, 0) is 48.0 Å². The first-order chi connectivity index (χ1) is 13.5. The van der Waals surface area contributed by atoms with Crippen LogP contribution in [0.25, 0.3) is 22.2 Å². The van der Waals surface area contributed by atoms with Crippen LogP contribution in [0.1, 0.15) is 0 Å². The molecule has 5 nitrogen and oxygen atoms in total. The average molecular weight is 394 g/mol. The molecular formula is C21H19FN4OS. The van der Waals surface area contributed by atoms with Crippen molar-refractivity contribution in [2.75, 3.05) is 23.7 Å². The van der Waals surface area contributed by atoms with Gasteiger partial charge in [-0.3, -0.25) is 0 Å². The molecule has 2 aromatic carbocycles. The summed E-state index contributed by atoms with van der Waals surface area (Å²) in [4.78, 5) is 10.1. The van der Waals surface area contributed by atoms with E-state index < -0.39 is 11.0 Å². The maximum absolute atomic E-state index is 13.1. The second kappa shape index (κ2) is 7.44. The van der Waals surface area contributed by atoms with Crippen molar-refractivity contribution in [1.29, 1.82) is 0 Å². The highest BCUT2D eigenvalue weighted by Crippen LogP contribution is 2.34. The Labute approximate surface area is 164 Å². The number of anilines is 2. The molecule has 0 aliphatic rings. The summed E-state index contributed by atoms with van der Waals surface area (Å²) in [5, 5.41) is 0.855. The highest BCUT2D eigenvalue weighted by atomic mass is 32.2. The fourth-order valence-corrected chi connectivity index (χ4v) is 3.91. The fourth-order valence-electron chi connectivity index (χ4n) is 3.04. The molecule has 4 rings (SSSR count). The van der Waals surface area contributed by atoms with Crippen molar-refractivity contribution in [3.05, 3.63) is 72.8 Å². The third-order valence-corrected chi connectivity index (χ3v) is 5.58. The predicted molar refractivity (Wildman–Crippen MR) is 112 cm³/mol. The number of aromatic nitrogens is 2. The summed E-state index contributed by atoms with van der Waals surface area (Å²) in [7, 11) is 2.46. The third-order valence-electron chi connectivity index (χ3n) is 4.48. The van der Waals surface area contributed by atoms with Crippen LogP contribution < -0.4 is 9.62 Å². The normalized spacial score (nSPS) is 12.1. The Kier molecular flexibility index (Phi) is 4.83. The van der Waals surface area contributed by atoms with Crippen LogP contribution in [0.15, 0.2) is 71.9 Å². The Bertz CT molecular complexity index is 1150. The van der Waals surface area contributed by atoms with Gasteiger partial charge in [0.1, 0.15) is 22.5 Å². The molecule has 0 saturated carbocycles. The maximum Gasteiger partial charge on any atom is 0.150 e. The number of nitrogens with one attached hydrogen (secondary N) is 2. The van der Waals surface area contributed by atoms with Crippen LogP contribution in [0, 0.1) is 5.82 Å². The predicted octanol–water partition coefficient (Wildman–Crippen LogP) is 4.57. The molecule has 0 aliphatic heterocycles. The van der Waals surface area contributed by atoms with Gasteiger partial charge in [0, 0.05) is 37.7 Å². The Balaban J connectivity index is 1.76. The van der Waals surface area contributed by atoms with Gasteiger partial charge >= 0.3 is 0 Å². The molecule has 2 heterocycles. The number of rotatable bonds is 5. The second-order valence-corrected chi connectivity index (χ2v) is 7.77. The Morgan fingerprint density at radius 1 is 1.11 bits per heavy atom. The molecule has 2 N–H and O–H groups in total. The van der Waals surface area contributed by atoms with E-state index in [4.69, 9.17) is 0 Å². The maximum atomic E-state index is 13.1. The van der Waals surface area contributed by atoms with Gasteiger partial charge in [-0.2, -0.15) is 0 Å². The molecule has 0 amide bonds. The van der Waals surface area contributed by atoms with Crippen LogP contribution in [0.4, 0.5) is 15.8 Å². The average Bonchev–Trinajstić information content (AvgIpc) is 3.14. The zero-order valence-corrected chi connectivity index (χ0v) is 16.3. The summed E-state index contributed by atoms with van der Waals surface area (Å²) < 4.78 is 28.9. The highest BCUT2D eigenvalue weighted by molar-refractivity contribution is 7.86. The van der Waals surface area contributed by atoms with Gasteiger partial charge in [0.15, 0.2) is 0 Å². The van der Waals surface area contributed by atoms with Gasteiger partial charge in [0.25, 0.3) is 0 Å². The third kappa shape index (κ3) is 3.48. The van der Waals surface area contributed by atoms with Crippen LogP contribution >= 0.6 is 0 Å². The number of hydrogen-bond acceptors (Lipinski definition) is 3. The molecule has 7 heteroatoms. The van der Waals surface area contributed by atoms with Gasteiger partial charge < -0.3 is 14.6 Å². The lowest BCUT2D eigenvalue weighted by atomic mass is 10.0. The Morgan fingerprint density at radius 3 is 2.64 bits per heavy atom. The number of aromatic amines is 1. The molecule has 0 bridgehead atoms. The van der Waals surface area contributed by atoms with E-state index in [0.717, 1.165) is 22.2 Å². The first kappa shape index (κ1) is 18.2. The summed E-state index contributed by atoms with van der Waals surface area (Å²) in [6.07, 6.45) is 3.56. The lowest BCUT2D eigenvalue weighted by Gasteiger charge is -2.14. The standard InChI is InChI=1S/C21H19FN4OS/c1-26(2)16-5-3-4-14(12-16)18-13-24-21-20(18)19(10-11-23-21)25-28(27)17-8-6-15(22)7-9-17/h3-13H,1-2H3,(H2,23,24,25). The summed E-state index contributed by atoms with van der Waals surface area (Å²) >= 11 is 0. The van der Waals surface area contributed by atoms with E-state index in [1.807, 2.05) is 43.4 Å². The number of nitrogens with zero attached hydrogens (tertiary/aromatic N) is 2. The molecule has 0 saturated heterocycles. The van der Waals surface area contributed by atoms with Crippen molar-refractivity contribution < 1.29 is 8.60 Å². The topological polar surface area (TPSA) is 61.0 Å². The van der Waals surface area contributed by atoms with Crippen LogP contribution in [-0.4, -0.2) is 28.3 Å². The van der Waals surface area contributed by atoms with E-state index >= 15 is 0 Å². The molecule has 0 radical (unpaired) electrons. The zero-order chi connectivity index (χ0) is 19.7.